The summed E-state index contributed by atoms with van der Waals surface area (Å²) in [4.78, 5) is 0.250. The zero-order chi connectivity index (χ0) is 13.2. The van der Waals surface area contributed by atoms with Crippen LogP contribution in [0.25, 0.3) is 0 Å². The van der Waals surface area contributed by atoms with Crippen molar-refractivity contribution in [1.29, 1.82) is 0 Å². The first-order valence-electron chi connectivity index (χ1n) is 6.37. The number of rotatable bonds is 3. The van der Waals surface area contributed by atoms with Crippen LogP contribution in [0.5, 0.6) is 0 Å². The molecule has 2 rings (SSSR count). The molecule has 0 heterocycles. The lowest BCUT2D eigenvalue weighted by Gasteiger charge is -2.29. The number of hydrogen-bond acceptors (Lipinski definition) is 3. The predicted molar refractivity (Wildman–Crippen MR) is 72.6 cm³/mol. The van der Waals surface area contributed by atoms with Gasteiger partial charge in [0.2, 0.25) is 10.0 Å². The molecule has 1 aromatic carbocycles. The molecule has 3 N–H and O–H groups in total. The smallest absolute Gasteiger partial charge is 0.240 e. The Balaban J connectivity index is 2.16. The number of nitrogen functional groups attached to an aromatic ring is 1. The van der Waals surface area contributed by atoms with Crippen molar-refractivity contribution in [2.75, 3.05) is 5.73 Å². The van der Waals surface area contributed by atoms with Gasteiger partial charge < -0.3 is 5.73 Å². The number of sulfonamides is 1. The summed E-state index contributed by atoms with van der Waals surface area (Å²) >= 11 is 0. The van der Waals surface area contributed by atoms with Crippen LogP contribution in [0.3, 0.4) is 0 Å². The Labute approximate surface area is 109 Å². The summed E-state index contributed by atoms with van der Waals surface area (Å²) in [5.74, 6) is 0.398. The fraction of sp³-hybridized carbons (Fsp3) is 0.538. The van der Waals surface area contributed by atoms with Crippen LogP contribution in [0.1, 0.15) is 32.6 Å². The molecule has 0 saturated heterocycles. The second-order valence-corrected chi connectivity index (χ2v) is 6.78. The summed E-state index contributed by atoms with van der Waals surface area (Å²) in [6.45, 7) is 2.10. The number of anilines is 1. The third-order valence-electron chi connectivity index (χ3n) is 3.59. The number of benzene rings is 1. The largest absolute Gasteiger partial charge is 0.399 e. The second kappa shape index (κ2) is 5.28. The van der Waals surface area contributed by atoms with Gasteiger partial charge in [-0.15, -0.1) is 0 Å². The van der Waals surface area contributed by atoms with E-state index in [0.29, 0.717) is 11.6 Å². The number of nitrogens with one attached hydrogen (secondary N) is 1. The van der Waals surface area contributed by atoms with Crippen molar-refractivity contribution in [3.63, 3.8) is 0 Å². The lowest BCUT2D eigenvalue weighted by molar-refractivity contribution is 0.310. The molecular formula is C13H20N2O2S. The van der Waals surface area contributed by atoms with Gasteiger partial charge in [-0.3, -0.25) is 0 Å². The molecule has 0 amide bonds. The van der Waals surface area contributed by atoms with Crippen molar-refractivity contribution in [2.24, 2.45) is 5.92 Å². The molecule has 18 heavy (non-hydrogen) atoms. The van der Waals surface area contributed by atoms with Crippen molar-refractivity contribution >= 4 is 15.7 Å². The van der Waals surface area contributed by atoms with E-state index in [4.69, 9.17) is 5.73 Å². The Bertz CT molecular complexity index is 513. The minimum atomic E-state index is -3.45. The van der Waals surface area contributed by atoms with Crippen LogP contribution in [-0.4, -0.2) is 14.5 Å². The van der Waals surface area contributed by atoms with Gasteiger partial charge in [-0.05, 0) is 37.0 Å². The van der Waals surface area contributed by atoms with Gasteiger partial charge in [-0.1, -0.05) is 25.8 Å². The van der Waals surface area contributed by atoms with Crippen LogP contribution in [-0.2, 0) is 10.0 Å². The summed E-state index contributed by atoms with van der Waals surface area (Å²) in [5, 5.41) is 0. The van der Waals surface area contributed by atoms with E-state index in [9.17, 15) is 8.42 Å². The quantitative estimate of drug-likeness (QED) is 0.825. The molecule has 0 unspecified atom stereocenters. The zero-order valence-electron chi connectivity index (χ0n) is 10.6. The maximum Gasteiger partial charge on any atom is 0.240 e. The zero-order valence-corrected chi connectivity index (χ0v) is 11.4. The van der Waals surface area contributed by atoms with Gasteiger partial charge in [0.15, 0.2) is 0 Å². The van der Waals surface area contributed by atoms with E-state index in [1.54, 1.807) is 18.2 Å². The topological polar surface area (TPSA) is 72.2 Å². The van der Waals surface area contributed by atoms with E-state index in [-0.39, 0.29) is 10.9 Å². The Morgan fingerprint density at radius 1 is 1.28 bits per heavy atom. The Kier molecular flexibility index (Phi) is 3.92. The number of nitrogens with two attached hydrogens (primary N) is 1. The van der Waals surface area contributed by atoms with E-state index < -0.39 is 10.0 Å². The van der Waals surface area contributed by atoms with Crippen LogP contribution in [0, 0.1) is 5.92 Å². The van der Waals surface area contributed by atoms with Crippen LogP contribution >= 0.6 is 0 Å². The predicted octanol–water partition coefficient (Wildman–Crippen LogP) is 2.13. The lowest BCUT2D eigenvalue weighted by atomic mass is 9.87. The standard InChI is InChI=1S/C13H20N2O2S/c1-10-5-2-3-8-13(10)15-18(16,17)12-7-4-6-11(14)9-12/h4,6-7,9-10,13,15H,2-3,5,8,14H2,1H3/t10-,13-/m1/s1. The normalized spacial score (nSPS) is 24.9. The summed E-state index contributed by atoms with van der Waals surface area (Å²) in [6, 6.07) is 6.46. The van der Waals surface area contributed by atoms with E-state index in [1.165, 1.54) is 12.5 Å². The highest BCUT2D eigenvalue weighted by molar-refractivity contribution is 7.89. The third-order valence-corrected chi connectivity index (χ3v) is 5.07. The molecule has 4 nitrogen and oxygen atoms in total. The summed E-state index contributed by atoms with van der Waals surface area (Å²) in [5.41, 5.74) is 6.09. The Morgan fingerprint density at radius 3 is 2.67 bits per heavy atom. The minimum Gasteiger partial charge on any atom is -0.399 e. The molecular weight excluding hydrogens is 248 g/mol. The fourth-order valence-electron chi connectivity index (χ4n) is 2.44. The molecule has 5 heteroatoms. The van der Waals surface area contributed by atoms with Crippen LogP contribution in [0.2, 0.25) is 0 Å². The first-order valence-corrected chi connectivity index (χ1v) is 7.85. The SMILES string of the molecule is C[C@@H]1CCCC[C@H]1NS(=O)(=O)c1cccc(N)c1. The van der Waals surface area contributed by atoms with E-state index in [2.05, 4.69) is 11.6 Å². The van der Waals surface area contributed by atoms with E-state index >= 15 is 0 Å². The van der Waals surface area contributed by atoms with Gasteiger partial charge >= 0.3 is 0 Å². The van der Waals surface area contributed by atoms with E-state index in [0.717, 1.165) is 19.3 Å². The molecule has 100 valence electrons. The van der Waals surface area contributed by atoms with Gasteiger partial charge in [-0.25, -0.2) is 13.1 Å². The Morgan fingerprint density at radius 2 is 2.00 bits per heavy atom. The van der Waals surface area contributed by atoms with Gasteiger partial charge in [0, 0.05) is 11.7 Å². The molecule has 0 radical (unpaired) electrons. The van der Waals surface area contributed by atoms with Crippen LogP contribution in [0.4, 0.5) is 5.69 Å². The molecule has 1 saturated carbocycles. The molecule has 1 aliphatic carbocycles. The lowest BCUT2D eigenvalue weighted by Crippen LogP contribution is -2.40. The summed E-state index contributed by atoms with van der Waals surface area (Å²) < 4.78 is 27.3. The molecule has 0 aliphatic heterocycles. The molecule has 0 spiro atoms. The summed E-state index contributed by atoms with van der Waals surface area (Å²) in [6.07, 6.45) is 4.29. The van der Waals surface area contributed by atoms with Crippen LogP contribution < -0.4 is 10.5 Å². The van der Waals surface area contributed by atoms with Crippen molar-refractivity contribution in [1.82, 2.24) is 4.72 Å². The maximum absolute atomic E-state index is 12.2. The van der Waals surface area contributed by atoms with Crippen molar-refractivity contribution < 1.29 is 8.42 Å². The molecule has 1 aromatic rings. The first kappa shape index (κ1) is 13.4. The average Bonchev–Trinajstić information content (AvgIpc) is 2.32. The van der Waals surface area contributed by atoms with Gasteiger partial charge in [-0.2, -0.15) is 0 Å². The molecule has 1 fully saturated rings. The third kappa shape index (κ3) is 3.03. The monoisotopic (exact) mass is 268 g/mol. The van der Waals surface area contributed by atoms with Crippen molar-refractivity contribution in [2.45, 2.75) is 43.5 Å². The minimum absolute atomic E-state index is 0.0465. The van der Waals surface area contributed by atoms with E-state index in [1.807, 2.05) is 0 Å². The highest BCUT2D eigenvalue weighted by atomic mass is 32.2. The van der Waals surface area contributed by atoms with Gasteiger partial charge in [0.25, 0.3) is 0 Å². The molecule has 0 aromatic heterocycles. The maximum atomic E-state index is 12.2. The van der Waals surface area contributed by atoms with Crippen LogP contribution in [0.15, 0.2) is 29.2 Å². The molecule has 1 aliphatic rings. The highest BCUT2D eigenvalue weighted by Crippen LogP contribution is 2.25. The highest BCUT2D eigenvalue weighted by Gasteiger charge is 2.26. The fourth-order valence-corrected chi connectivity index (χ4v) is 3.87. The van der Waals surface area contributed by atoms with Crippen molar-refractivity contribution in [3.05, 3.63) is 24.3 Å². The number of hydrogen-bond donors (Lipinski definition) is 2. The molecule has 0 bridgehead atoms. The van der Waals surface area contributed by atoms with Crippen molar-refractivity contribution in [3.8, 4) is 0 Å². The average molecular weight is 268 g/mol. The van der Waals surface area contributed by atoms with Gasteiger partial charge in [0.1, 0.15) is 0 Å². The van der Waals surface area contributed by atoms with Gasteiger partial charge in [0.05, 0.1) is 4.90 Å². The summed E-state index contributed by atoms with van der Waals surface area (Å²) in [7, 11) is -3.45. The first-order chi connectivity index (χ1) is 8.49. The second-order valence-electron chi connectivity index (χ2n) is 5.06. The molecule has 2 atom stereocenters. The Hall–Kier alpha value is -1.07.